The third-order valence-electron chi connectivity index (χ3n) is 2.84. The number of halogens is 7. The number of ether oxygens (including phenoxy) is 1. The van der Waals surface area contributed by atoms with Crippen molar-refractivity contribution >= 4 is 5.97 Å². The highest BCUT2D eigenvalue weighted by Gasteiger charge is 2.38. The molecule has 0 amide bonds. The van der Waals surface area contributed by atoms with E-state index in [2.05, 4.69) is 5.32 Å². The van der Waals surface area contributed by atoms with Crippen molar-refractivity contribution in [2.24, 2.45) is 0 Å². The van der Waals surface area contributed by atoms with Crippen LogP contribution in [0.25, 0.3) is 0 Å². The summed E-state index contributed by atoms with van der Waals surface area (Å²) in [4.78, 5) is 8.90. The van der Waals surface area contributed by atoms with Gasteiger partial charge in [0.25, 0.3) is 0 Å². The van der Waals surface area contributed by atoms with Crippen LogP contribution in [0.3, 0.4) is 0 Å². The average Bonchev–Trinajstić information content (AvgIpc) is 2.37. The first kappa shape index (κ1) is 20.2. The zero-order valence-corrected chi connectivity index (χ0v) is 11.8. The van der Waals surface area contributed by atoms with Crippen molar-refractivity contribution < 1.29 is 45.4 Å². The van der Waals surface area contributed by atoms with Gasteiger partial charge < -0.3 is 15.2 Å². The zero-order chi connectivity index (χ0) is 18.5. The molecule has 2 rings (SSSR count). The molecule has 1 aliphatic rings. The predicted octanol–water partition coefficient (Wildman–Crippen LogP) is 2.97. The quantitative estimate of drug-likeness (QED) is 0.811. The molecule has 0 bridgehead atoms. The smallest absolute Gasteiger partial charge is 0.475 e. The lowest BCUT2D eigenvalue weighted by molar-refractivity contribution is -0.192. The number of carboxylic acid groups (broad SMARTS) is 1. The second kappa shape index (κ2) is 7.79. The number of nitrogens with one attached hydrogen (secondary N) is 1. The minimum absolute atomic E-state index is 0.00365. The molecule has 0 atom stereocenters. The lowest BCUT2D eigenvalue weighted by Crippen LogP contribution is -2.48. The van der Waals surface area contributed by atoms with Crippen molar-refractivity contribution in [1.82, 2.24) is 5.32 Å². The molecule has 0 aromatic heterocycles. The first-order chi connectivity index (χ1) is 10.9. The highest BCUT2D eigenvalue weighted by Crippen LogP contribution is 2.30. The van der Waals surface area contributed by atoms with Gasteiger partial charge in [-0.05, 0) is 12.1 Å². The molecular formula is C13H12F7NO3. The Balaban J connectivity index is 0.000000351. The number of benzene rings is 1. The van der Waals surface area contributed by atoms with Gasteiger partial charge in [-0.15, -0.1) is 0 Å². The Kier molecular flexibility index (Phi) is 6.55. The van der Waals surface area contributed by atoms with Crippen molar-refractivity contribution in [3.63, 3.8) is 0 Å². The molecule has 24 heavy (non-hydrogen) atoms. The maximum Gasteiger partial charge on any atom is 0.490 e. The molecule has 0 radical (unpaired) electrons. The normalized spacial score (nSPS) is 15.3. The van der Waals surface area contributed by atoms with Gasteiger partial charge in [-0.3, -0.25) is 0 Å². The number of aliphatic carboxylic acids is 1. The number of hydrogen-bond acceptors (Lipinski definition) is 3. The molecule has 1 fully saturated rings. The molecule has 0 spiro atoms. The highest BCUT2D eigenvalue weighted by molar-refractivity contribution is 5.73. The lowest BCUT2D eigenvalue weighted by atomic mass is 10.1. The molecule has 136 valence electrons. The van der Waals surface area contributed by atoms with Crippen LogP contribution in [0.5, 0.6) is 0 Å². The summed E-state index contributed by atoms with van der Waals surface area (Å²) in [6.45, 7) is 1.39. The minimum Gasteiger partial charge on any atom is -0.475 e. The Morgan fingerprint density at radius 3 is 2.08 bits per heavy atom. The van der Waals surface area contributed by atoms with Crippen LogP contribution < -0.4 is 5.32 Å². The molecular weight excluding hydrogens is 351 g/mol. The van der Waals surface area contributed by atoms with Crippen LogP contribution in [0.15, 0.2) is 18.2 Å². The van der Waals surface area contributed by atoms with Crippen LogP contribution in [0.2, 0.25) is 0 Å². The fourth-order valence-corrected chi connectivity index (χ4v) is 1.43. The number of rotatable bonds is 3. The summed E-state index contributed by atoms with van der Waals surface area (Å²) < 4.78 is 87.2. The Labute approximate surface area is 131 Å². The molecule has 0 saturated carbocycles. The van der Waals surface area contributed by atoms with E-state index in [1.807, 2.05) is 0 Å². The zero-order valence-electron chi connectivity index (χ0n) is 11.8. The molecule has 4 nitrogen and oxygen atoms in total. The van der Waals surface area contributed by atoms with Gasteiger partial charge in [0.1, 0.15) is 5.82 Å². The van der Waals surface area contributed by atoms with Crippen LogP contribution in [0, 0.1) is 5.82 Å². The summed E-state index contributed by atoms with van der Waals surface area (Å²) in [5.41, 5.74) is -0.839. The standard InChI is InChI=1S/C11H11F4NO.C2HF3O2/c12-10-3-8(11(13,14)15)2-1-7(10)6-17-9-4-16-5-9;3-2(4,5)1(6)7/h1-3,9,16H,4-6H2;(H,6,7). The number of alkyl halides is 6. The van der Waals surface area contributed by atoms with Gasteiger partial charge in [-0.25, -0.2) is 9.18 Å². The topological polar surface area (TPSA) is 58.6 Å². The fourth-order valence-electron chi connectivity index (χ4n) is 1.43. The van der Waals surface area contributed by atoms with E-state index in [9.17, 15) is 30.7 Å². The predicted molar refractivity (Wildman–Crippen MR) is 66.5 cm³/mol. The van der Waals surface area contributed by atoms with E-state index in [4.69, 9.17) is 14.6 Å². The Morgan fingerprint density at radius 2 is 1.75 bits per heavy atom. The van der Waals surface area contributed by atoms with Gasteiger partial charge in [0.05, 0.1) is 18.3 Å². The van der Waals surface area contributed by atoms with E-state index in [1.54, 1.807) is 0 Å². The lowest BCUT2D eigenvalue weighted by Gasteiger charge is -2.27. The van der Waals surface area contributed by atoms with Crippen LogP contribution in [0.1, 0.15) is 11.1 Å². The van der Waals surface area contributed by atoms with Crippen molar-refractivity contribution in [1.29, 1.82) is 0 Å². The average molecular weight is 363 g/mol. The second-order valence-corrected chi connectivity index (χ2v) is 4.70. The summed E-state index contributed by atoms with van der Waals surface area (Å²) >= 11 is 0. The Morgan fingerprint density at radius 1 is 1.21 bits per heavy atom. The van der Waals surface area contributed by atoms with E-state index in [0.717, 1.165) is 12.1 Å². The maximum atomic E-state index is 13.4. The van der Waals surface area contributed by atoms with Crippen molar-refractivity contribution in [3.8, 4) is 0 Å². The summed E-state index contributed by atoms with van der Waals surface area (Å²) in [5.74, 6) is -3.64. The van der Waals surface area contributed by atoms with E-state index in [0.29, 0.717) is 19.2 Å². The number of carbonyl (C=O) groups is 1. The molecule has 1 aliphatic heterocycles. The van der Waals surface area contributed by atoms with Crippen LogP contribution in [-0.2, 0) is 22.3 Å². The molecule has 1 aromatic carbocycles. The van der Waals surface area contributed by atoms with Gasteiger partial charge in [0.2, 0.25) is 0 Å². The molecule has 1 saturated heterocycles. The fraction of sp³-hybridized carbons (Fsp3) is 0.462. The number of carboxylic acids is 1. The van der Waals surface area contributed by atoms with Gasteiger partial charge in [-0.2, -0.15) is 26.3 Å². The van der Waals surface area contributed by atoms with Gasteiger partial charge in [0, 0.05) is 18.7 Å². The van der Waals surface area contributed by atoms with Gasteiger partial charge >= 0.3 is 18.3 Å². The van der Waals surface area contributed by atoms with Crippen molar-refractivity contribution in [2.75, 3.05) is 13.1 Å². The monoisotopic (exact) mass is 363 g/mol. The van der Waals surface area contributed by atoms with Crippen LogP contribution in [0.4, 0.5) is 30.7 Å². The molecule has 2 N–H and O–H groups in total. The van der Waals surface area contributed by atoms with Crippen LogP contribution in [-0.4, -0.2) is 36.4 Å². The summed E-state index contributed by atoms with van der Waals surface area (Å²) in [7, 11) is 0. The Bertz CT molecular complexity index is 568. The van der Waals surface area contributed by atoms with Crippen molar-refractivity contribution in [2.45, 2.75) is 25.1 Å². The molecule has 1 aromatic rings. The third-order valence-corrected chi connectivity index (χ3v) is 2.84. The third kappa shape index (κ3) is 6.32. The van der Waals surface area contributed by atoms with Gasteiger partial charge in [-0.1, -0.05) is 6.07 Å². The first-order valence-electron chi connectivity index (χ1n) is 6.39. The molecule has 0 unspecified atom stereocenters. The largest absolute Gasteiger partial charge is 0.490 e. The molecule has 0 aliphatic carbocycles. The summed E-state index contributed by atoms with van der Waals surface area (Å²) in [6, 6.07) is 2.47. The van der Waals surface area contributed by atoms with Crippen LogP contribution >= 0.6 is 0 Å². The van der Waals surface area contributed by atoms with E-state index in [1.165, 1.54) is 0 Å². The highest BCUT2D eigenvalue weighted by atomic mass is 19.4. The van der Waals surface area contributed by atoms with Gasteiger partial charge in [0.15, 0.2) is 0 Å². The second-order valence-electron chi connectivity index (χ2n) is 4.70. The van der Waals surface area contributed by atoms with E-state index < -0.39 is 29.7 Å². The Hall–Kier alpha value is -1.88. The summed E-state index contributed by atoms with van der Waals surface area (Å²) in [6.07, 6.45) is -9.57. The van der Waals surface area contributed by atoms with Crippen molar-refractivity contribution in [3.05, 3.63) is 35.1 Å². The first-order valence-corrected chi connectivity index (χ1v) is 6.39. The molecule has 1 heterocycles. The minimum atomic E-state index is -5.08. The van der Waals surface area contributed by atoms with E-state index >= 15 is 0 Å². The SMILES string of the molecule is Fc1cc(C(F)(F)F)ccc1COC1CNC1.O=C(O)C(F)(F)F. The molecule has 11 heteroatoms. The summed E-state index contributed by atoms with van der Waals surface area (Å²) in [5, 5.41) is 10.1. The van der Waals surface area contributed by atoms with E-state index in [-0.39, 0.29) is 18.3 Å². The number of hydrogen-bond donors (Lipinski definition) is 2. The maximum absolute atomic E-state index is 13.4.